The smallest absolute Gasteiger partial charge is 0.253 e. The second kappa shape index (κ2) is 5.46. The van der Waals surface area contributed by atoms with Crippen LogP contribution in [0.2, 0.25) is 0 Å². The van der Waals surface area contributed by atoms with Crippen LogP contribution in [0.4, 0.5) is 0 Å². The molecule has 5 nitrogen and oxygen atoms in total. The average molecular weight is 223 g/mol. The standard InChI is InChI=1S/C11H17N3O2/c1-8(14(2)3)5-13-11(16)9-4-10(15)7-12-6-9/h4,6-8,15H,5H2,1-3H3,(H,13,16). The van der Waals surface area contributed by atoms with E-state index in [9.17, 15) is 9.90 Å². The highest BCUT2D eigenvalue weighted by Gasteiger charge is 2.09. The lowest BCUT2D eigenvalue weighted by Gasteiger charge is -2.19. The van der Waals surface area contributed by atoms with E-state index in [2.05, 4.69) is 10.3 Å². The highest BCUT2D eigenvalue weighted by Crippen LogP contribution is 2.08. The van der Waals surface area contributed by atoms with Crippen LogP contribution in [0.15, 0.2) is 18.5 Å². The van der Waals surface area contributed by atoms with Crippen molar-refractivity contribution in [3.05, 3.63) is 24.0 Å². The van der Waals surface area contributed by atoms with Gasteiger partial charge in [-0.25, -0.2) is 0 Å². The number of amides is 1. The van der Waals surface area contributed by atoms with Crippen LogP contribution in [0.3, 0.4) is 0 Å². The zero-order valence-electron chi connectivity index (χ0n) is 9.77. The molecule has 5 heteroatoms. The van der Waals surface area contributed by atoms with Crippen molar-refractivity contribution in [2.45, 2.75) is 13.0 Å². The van der Waals surface area contributed by atoms with Crippen molar-refractivity contribution < 1.29 is 9.90 Å². The van der Waals surface area contributed by atoms with E-state index in [1.807, 2.05) is 25.9 Å². The van der Waals surface area contributed by atoms with E-state index < -0.39 is 0 Å². The zero-order valence-corrected chi connectivity index (χ0v) is 9.77. The molecule has 1 aromatic heterocycles. The molecule has 0 fully saturated rings. The molecule has 1 unspecified atom stereocenters. The van der Waals surface area contributed by atoms with Gasteiger partial charge in [-0.05, 0) is 27.1 Å². The topological polar surface area (TPSA) is 65.5 Å². The number of rotatable bonds is 4. The number of aromatic nitrogens is 1. The lowest BCUT2D eigenvalue weighted by atomic mass is 10.2. The van der Waals surface area contributed by atoms with Gasteiger partial charge in [0.15, 0.2) is 0 Å². The van der Waals surface area contributed by atoms with Crippen LogP contribution in [0.1, 0.15) is 17.3 Å². The van der Waals surface area contributed by atoms with E-state index in [1.165, 1.54) is 18.5 Å². The van der Waals surface area contributed by atoms with Gasteiger partial charge in [0, 0.05) is 18.8 Å². The Labute approximate surface area is 95.1 Å². The van der Waals surface area contributed by atoms with Crippen molar-refractivity contribution >= 4 is 5.91 Å². The number of aromatic hydroxyl groups is 1. The molecule has 1 atom stereocenters. The first kappa shape index (κ1) is 12.4. The number of nitrogens with one attached hydrogen (secondary N) is 1. The molecule has 0 aliphatic rings. The normalized spacial score (nSPS) is 12.5. The first-order chi connectivity index (χ1) is 7.50. The molecular formula is C11H17N3O2. The second-order valence-electron chi connectivity index (χ2n) is 3.95. The maximum absolute atomic E-state index is 11.6. The van der Waals surface area contributed by atoms with E-state index in [1.54, 1.807) is 0 Å². The van der Waals surface area contributed by atoms with Gasteiger partial charge in [-0.2, -0.15) is 0 Å². The van der Waals surface area contributed by atoms with Gasteiger partial charge >= 0.3 is 0 Å². The molecule has 1 heterocycles. The van der Waals surface area contributed by atoms with E-state index in [4.69, 9.17) is 0 Å². The first-order valence-electron chi connectivity index (χ1n) is 5.09. The Morgan fingerprint density at radius 1 is 1.56 bits per heavy atom. The summed E-state index contributed by atoms with van der Waals surface area (Å²) in [5.41, 5.74) is 0.367. The monoisotopic (exact) mass is 223 g/mol. The Balaban J connectivity index is 2.53. The van der Waals surface area contributed by atoms with Gasteiger partial charge in [-0.1, -0.05) is 0 Å². The molecule has 0 aromatic carbocycles. The number of hydrogen-bond donors (Lipinski definition) is 2. The fraction of sp³-hybridized carbons (Fsp3) is 0.455. The molecule has 0 saturated carbocycles. The van der Waals surface area contributed by atoms with Gasteiger partial charge < -0.3 is 15.3 Å². The molecule has 2 N–H and O–H groups in total. The lowest BCUT2D eigenvalue weighted by Crippen LogP contribution is -2.38. The fourth-order valence-corrected chi connectivity index (χ4v) is 1.08. The van der Waals surface area contributed by atoms with Crippen LogP contribution in [-0.4, -0.2) is 47.6 Å². The average Bonchev–Trinajstić information content (AvgIpc) is 2.25. The third-order valence-corrected chi connectivity index (χ3v) is 2.43. The Bertz CT molecular complexity index is 366. The SMILES string of the molecule is CC(CNC(=O)c1cncc(O)c1)N(C)C. The lowest BCUT2D eigenvalue weighted by molar-refractivity contribution is 0.0943. The minimum atomic E-state index is -0.225. The predicted octanol–water partition coefficient (Wildman–Crippen LogP) is 0.467. The van der Waals surface area contributed by atoms with Crippen LogP contribution in [0.5, 0.6) is 5.75 Å². The number of carbonyl (C=O) groups excluding carboxylic acids is 1. The predicted molar refractivity (Wildman–Crippen MR) is 61.4 cm³/mol. The van der Waals surface area contributed by atoms with Crippen molar-refractivity contribution in [2.24, 2.45) is 0 Å². The fourth-order valence-electron chi connectivity index (χ4n) is 1.08. The summed E-state index contributed by atoms with van der Waals surface area (Å²) < 4.78 is 0. The van der Waals surface area contributed by atoms with E-state index in [-0.39, 0.29) is 17.7 Å². The van der Waals surface area contributed by atoms with Gasteiger partial charge in [0.25, 0.3) is 5.91 Å². The maximum atomic E-state index is 11.6. The van der Waals surface area contributed by atoms with Crippen molar-refractivity contribution in [1.29, 1.82) is 0 Å². The summed E-state index contributed by atoms with van der Waals surface area (Å²) in [6.45, 7) is 2.57. The van der Waals surface area contributed by atoms with Gasteiger partial charge in [-0.15, -0.1) is 0 Å². The van der Waals surface area contributed by atoms with Crippen molar-refractivity contribution in [1.82, 2.24) is 15.2 Å². The van der Waals surface area contributed by atoms with Crippen molar-refractivity contribution in [3.63, 3.8) is 0 Å². The zero-order chi connectivity index (χ0) is 12.1. The minimum Gasteiger partial charge on any atom is -0.506 e. The van der Waals surface area contributed by atoms with E-state index in [0.717, 1.165) is 0 Å². The van der Waals surface area contributed by atoms with Gasteiger partial charge in [-0.3, -0.25) is 9.78 Å². The van der Waals surface area contributed by atoms with Crippen LogP contribution < -0.4 is 5.32 Å². The van der Waals surface area contributed by atoms with Crippen LogP contribution in [0.25, 0.3) is 0 Å². The van der Waals surface area contributed by atoms with Crippen LogP contribution in [-0.2, 0) is 0 Å². The molecule has 16 heavy (non-hydrogen) atoms. The Hall–Kier alpha value is -1.62. The highest BCUT2D eigenvalue weighted by atomic mass is 16.3. The molecule has 88 valence electrons. The molecule has 1 amide bonds. The Morgan fingerprint density at radius 2 is 2.25 bits per heavy atom. The number of likely N-dealkylation sites (N-methyl/N-ethyl adjacent to an activating group) is 1. The number of nitrogens with zero attached hydrogens (tertiary/aromatic N) is 2. The molecule has 0 spiro atoms. The molecule has 0 radical (unpaired) electrons. The molecule has 0 aliphatic carbocycles. The van der Waals surface area contributed by atoms with Gasteiger partial charge in [0.05, 0.1) is 11.8 Å². The van der Waals surface area contributed by atoms with Crippen LogP contribution >= 0.6 is 0 Å². The molecular weight excluding hydrogens is 206 g/mol. The summed E-state index contributed by atoms with van der Waals surface area (Å²) in [6.07, 6.45) is 2.72. The summed E-state index contributed by atoms with van der Waals surface area (Å²) in [4.78, 5) is 17.4. The minimum absolute atomic E-state index is 0.00620. The summed E-state index contributed by atoms with van der Waals surface area (Å²) >= 11 is 0. The molecule has 1 rings (SSSR count). The quantitative estimate of drug-likeness (QED) is 0.778. The Kier molecular flexibility index (Phi) is 4.25. The third-order valence-electron chi connectivity index (χ3n) is 2.43. The summed E-state index contributed by atoms with van der Waals surface area (Å²) in [6, 6.07) is 1.65. The van der Waals surface area contributed by atoms with Gasteiger partial charge in [0.1, 0.15) is 5.75 Å². The van der Waals surface area contributed by atoms with Crippen LogP contribution in [0, 0.1) is 0 Å². The summed E-state index contributed by atoms with van der Waals surface area (Å²) in [5.74, 6) is -0.231. The largest absolute Gasteiger partial charge is 0.506 e. The Morgan fingerprint density at radius 3 is 2.81 bits per heavy atom. The summed E-state index contributed by atoms with van der Waals surface area (Å²) in [5, 5.41) is 12.0. The highest BCUT2D eigenvalue weighted by molar-refractivity contribution is 5.94. The van der Waals surface area contributed by atoms with E-state index in [0.29, 0.717) is 12.1 Å². The third kappa shape index (κ3) is 3.51. The number of hydrogen-bond acceptors (Lipinski definition) is 4. The molecule has 1 aromatic rings. The van der Waals surface area contributed by atoms with Crippen molar-refractivity contribution in [2.75, 3.05) is 20.6 Å². The molecule has 0 saturated heterocycles. The van der Waals surface area contributed by atoms with Crippen molar-refractivity contribution in [3.8, 4) is 5.75 Å². The maximum Gasteiger partial charge on any atom is 0.253 e. The summed E-state index contributed by atoms with van der Waals surface area (Å²) in [7, 11) is 3.90. The number of pyridine rings is 1. The second-order valence-corrected chi connectivity index (χ2v) is 3.95. The molecule has 0 bridgehead atoms. The molecule has 0 aliphatic heterocycles. The number of carbonyl (C=O) groups is 1. The first-order valence-corrected chi connectivity index (χ1v) is 5.09. The van der Waals surface area contributed by atoms with E-state index >= 15 is 0 Å². The van der Waals surface area contributed by atoms with Gasteiger partial charge in [0.2, 0.25) is 0 Å².